The summed E-state index contributed by atoms with van der Waals surface area (Å²) in [5, 5.41) is 3.32. The van der Waals surface area contributed by atoms with E-state index < -0.39 is 0 Å². The minimum absolute atomic E-state index is 0.130. The first kappa shape index (κ1) is 15.5. The molecule has 21 heavy (non-hydrogen) atoms. The van der Waals surface area contributed by atoms with E-state index >= 15 is 0 Å². The van der Waals surface area contributed by atoms with Crippen molar-refractivity contribution in [3.05, 3.63) is 65.5 Å². The van der Waals surface area contributed by atoms with Crippen LogP contribution in [-0.2, 0) is 6.42 Å². The molecule has 0 bridgehead atoms. The normalized spacial score (nSPS) is 12.4. The van der Waals surface area contributed by atoms with E-state index in [-0.39, 0.29) is 18.0 Å². The van der Waals surface area contributed by atoms with Crippen LogP contribution in [0.1, 0.15) is 31.0 Å². The third-order valence-electron chi connectivity index (χ3n) is 3.36. The van der Waals surface area contributed by atoms with E-state index in [1.807, 2.05) is 51.2 Å². The molecule has 0 radical (unpaired) electrons. The van der Waals surface area contributed by atoms with Crippen LogP contribution in [0.2, 0.25) is 0 Å². The van der Waals surface area contributed by atoms with Crippen LogP contribution < -0.4 is 10.1 Å². The molecule has 2 aromatic rings. The standard InChI is InChI=1S/C18H22FNO/c1-13(2)21-18-7-5-4-6-16(18)17(20-3)12-14-8-10-15(19)11-9-14/h4-11,13,17,20H,12H2,1-3H3. The van der Waals surface area contributed by atoms with Crippen molar-refractivity contribution in [2.75, 3.05) is 7.05 Å². The zero-order chi connectivity index (χ0) is 15.2. The molecule has 0 saturated heterocycles. The van der Waals surface area contributed by atoms with Gasteiger partial charge in [0.05, 0.1) is 6.10 Å². The Morgan fingerprint density at radius 2 is 1.71 bits per heavy atom. The maximum Gasteiger partial charge on any atom is 0.124 e. The molecule has 0 fully saturated rings. The van der Waals surface area contributed by atoms with Crippen molar-refractivity contribution >= 4 is 0 Å². The molecule has 0 spiro atoms. The second kappa shape index (κ2) is 7.23. The average Bonchev–Trinajstić information content (AvgIpc) is 2.47. The third-order valence-corrected chi connectivity index (χ3v) is 3.36. The van der Waals surface area contributed by atoms with Gasteiger partial charge in [-0.1, -0.05) is 30.3 Å². The molecule has 0 saturated carbocycles. The maximum absolute atomic E-state index is 13.0. The molecule has 0 aromatic heterocycles. The number of benzene rings is 2. The third kappa shape index (κ3) is 4.30. The number of halogens is 1. The van der Waals surface area contributed by atoms with Crippen LogP contribution in [0, 0.1) is 5.82 Å². The molecule has 3 heteroatoms. The van der Waals surface area contributed by atoms with Gasteiger partial charge in [-0.05, 0) is 51.1 Å². The Morgan fingerprint density at radius 3 is 2.33 bits per heavy atom. The van der Waals surface area contributed by atoms with Crippen LogP contribution in [0.3, 0.4) is 0 Å². The van der Waals surface area contributed by atoms with Crippen molar-refractivity contribution in [1.29, 1.82) is 0 Å². The molecular formula is C18H22FNO. The number of hydrogen-bond donors (Lipinski definition) is 1. The Kier molecular flexibility index (Phi) is 5.34. The lowest BCUT2D eigenvalue weighted by molar-refractivity contribution is 0.238. The fourth-order valence-corrected chi connectivity index (χ4v) is 2.35. The second-order valence-corrected chi connectivity index (χ2v) is 5.38. The van der Waals surface area contributed by atoms with Crippen molar-refractivity contribution in [3.8, 4) is 5.75 Å². The number of para-hydroxylation sites is 1. The zero-order valence-electron chi connectivity index (χ0n) is 12.8. The molecule has 0 heterocycles. The molecule has 0 aliphatic heterocycles. The van der Waals surface area contributed by atoms with Gasteiger partial charge in [0.25, 0.3) is 0 Å². The molecule has 0 aliphatic rings. The minimum Gasteiger partial charge on any atom is -0.491 e. The van der Waals surface area contributed by atoms with Gasteiger partial charge in [-0.3, -0.25) is 0 Å². The summed E-state index contributed by atoms with van der Waals surface area (Å²) in [6.45, 7) is 4.04. The highest BCUT2D eigenvalue weighted by molar-refractivity contribution is 5.37. The predicted molar refractivity (Wildman–Crippen MR) is 84.1 cm³/mol. The lowest BCUT2D eigenvalue weighted by Gasteiger charge is -2.21. The van der Waals surface area contributed by atoms with E-state index in [0.717, 1.165) is 23.3 Å². The van der Waals surface area contributed by atoms with E-state index in [1.54, 1.807) is 0 Å². The predicted octanol–water partition coefficient (Wildman–Crippen LogP) is 4.12. The molecular weight excluding hydrogens is 265 g/mol. The fraction of sp³-hybridized carbons (Fsp3) is 0.333. The second-order valence-electron chi connectivity index (χ2n) is 5.38. The van der Waals surface area contributed by atoms with Crippen LogP contribution in [0.25, 0.3) is 0 Å². The van der Waals surface area contributed by atoms with Gasteiger partial charge < -0.3 is 10.1 Å². The molecule has 1 N–H and O–H groups in total. The van der Waals surface area contributed by atoms with Crippen LogP contribution >= 0.6 is 0 Å². The molecule has 0 aliphatic carbocycles. The molecule has 112 valence electrons. The minimum atomic E-state index is -0.205. The Bertz CT molecular complexity index is 566. The summed E-state index contributed by atoms with van der Waals surface area (Å²) in [5.74, 6) is 0.692. The van der Waals surface area contributed by atoms with Crippen LogP contribution in [-0.4, -0.2) is 13.2 Å². The number of likely N-dealkylation sites (N-methyl/N-ethyl adjacent to an activating group) is 1. The Morgan fingerprint density at radius 1 is 1.05 bits per heavy atom. The molecule has 2 nitrogen and oxygen atoms in total. The highest BCUT2D eigenvalue weighted by Crippen LogP contribution is 2.28. The lowest BCUT2D eigenvalue weighted by Crippen LogP contribution is -2.20. The van der Waals surface area contributed by atoms with E-state index in [2.05, 4.69) is 11.4 Å². The van der Waals surface area contributed by atoms with Gasteiger partial charge in [0, 0.05) is 11.6 Å². The monoisotopic (exact) mass is 287 g/mol. The highest BCUT2D eigenvalue weighted by Gasteiger charge is 2.15. The van der Waals surface area contributed by atoms with Crippen molar-refractivity contribution in [1.82, 2.24) is 5.32 Å². The van der Waals surface area contributed by atoms with E-state index in [1.165, 1.54) is 12.1 Å². The van der Waals surface area contributed by atoms with Gasteiger partial charge in [-0.15, -0.1) is 0 Å². The van der Waals surface area contributed by atoms with Crippen LogP contribution in [0.4, 0.5) is 4.39 Å². The summed E-state index contributed by atoms with van der Waals surface area (Å²) < 4.78 is 18.9. The first-order valence-electron chi connectivity index (χ1n) is 7.27. The highest BCUT2D eigenvalue weighted by atomic mass is 19.1. The molecule has 1 atom stereocenters. The first-order chi connectivity index (χ1) is 10.1. The van der Waals surface area contributed by atoms with Crippen LogP contribution in [0.5, 0.6) is 5.75 Å². The van der Waals surface area contributed by atoms with E-state index in [0.29, 0.717) is 0 Å². The summed E-state index contributed by atoms with van der Waals surface area (Å²) in [6.07, 6.45) is 0.921. The molecule has 1 unspecified atom stereocenters. The molecule has 2 aromatic carbocycles. The summed E-state index contributed by atoms with van der Waals surface area (Å²) in [5.41, 5.74) is 2.22. The lowest BCUT2D eigenvalue weighted by atomic mass is 9.98. The summed E-state index contributed by atoms with van der Waals surface area (Å²) in [4.78, 5) is 0. The average molecular weight is 287 g/mol. The Hall–Kier alpha value is -1.87. The van der Waals surface area contributed by atoms with Crippen molar-refractivity contribution in [2.45, 2.75) is 32.4 Å². The SMILES string of the molecule is CNC(Cc1ccc(F)cc1)c1ccccc1OC(C)C. The summed E-state index contributed by atoms with van der Waals surface area (Å²) >= 11 is 0. The molecule has 2 rings (SSSR count). The summed E-state index contributed by atoms with van der Waals surface area (Å²) in [6, 6.07) is 14.8. The van der Waals surface area contributed by atoms with E-state index in [9.17, 15) is 4.39 Å². The van der Waals surface area contributed by atoms with Gasteiger partial charge in [-0.2, -0.15) is 0 Å². The number of rotatable bonds is 6. The number of hydrogen-bond acceptors (Lipinski definition) is 2. The van der Waals surface area contributed by atoms with Crippen LogP contribution in [0.15, 0.2) is 48.5 Å². The maximum atomic E-state index is 13.0. The van der Waals surface area contributed by atoms with Gasteiger partial charge in [-0.25, -0.2) is 4.39 Å². The Balaban J connectivity index is 2.22. The zero-order valence-corrected chi connectivity index (χ0v) is 12.8. The van der Waals surface area contributed by atoms with Crippen molar-refractivity contribution in [2.24, 2.45) is 0 Å². The van der Waals surface area contributed by atoms with Gasteiger partial charge in [0.1, 0.15) is 11.6 Å². The number of ether oxygens (including phenoxy) is 1. The fourth-order valence-electron chi connectivity index (χ4n) is 2.35. The van der Waals surface area contributed by atoms with Gasteiger partial charge in [0.15, 0.2) is 0 Å². The largest absolute Gasteiger partial charge is 0.491 e. The Labute approximate surface area is 126 Å². The molecule has 0 amide bonds. The smallest absolute Gasteiger partial charge is 0.124 e. The van der Waals surface area contributed by atoms with Gasteiger partial charge in [0.2, 0.25) is 0 Å². The van der Waals surface area contributed by atoms with Crippen molar-refractivity contribution in [3.63, 3.8) is 0 Å². The topological polar surface area (TPSA) is 21.3 Å². The number of nitrogens with one attached hydrogen (secondary N) is 1. The van der Waals surface area contributed by atoms with Gasteiger partial charge >= 0.3 is 0 Å². The summed E-state index contributed by atoms with van der Waals surface area (Å²) in [7, 11) is 1.93. The first-order valence-corrected chi connectivity index (χ1v) is 7.27. The van der Waals surface area contributed by atoms with E-state index in [4.69, 9.17) is 4.74 Å². The van der Waals surface area contributed by atoms with Crippen molar-refractivity contribution < 1.29 is 9.13 Å². The quantitative estimate of drug-likeness (QED) is 0.863.